The predicted molar refractivity (Wildman–Crippen MR) is 87.9 cm³/mol. The molecule has 0 radical (unpaired) electrons. The summed E-state index contributed by atoms with van der Waals surface area (Å²) < 4.78 is 10.6. The van der Waals surface area contributed by atoms with Crippen LogP contribution in [0.1, 0.15) is 31.7 Å². The molecule has 4 heteroatoms. The Bertz CT molecular complexity index is 476. The van der Waals surface area contributed by atoms with Gasteiger partial charge in [-0.15, -0.1) is 0 Å². The molecular weight excluding hydrogens is 278 g/mol. The largest absolute Gasteiger partial charge is 0.494 e. The van der Waals surface area contributed by atoms with E-state index in [0.717, 1.165) is 30.9 Å². The molecule has 1 saturated heterocycles. The molecule has 0 aromatic heterocycles. The molecule has 1 heterocycles. The van der Waals surface area contributed by atoms with Crippen LogP contribution in [0.3, 0.4) is 0 Å². The summed E-state index contributed by atoms with van der Waals surface area (Å²) in [5, 5.41) is 0. The van der Waals surface area contributed by atoms with E-state index < -0.39 is 0 Å². The van der Waals surface area contributed by atoms with Gasteiger partial charge >= 0.3 is 5.97 Å². The molecule has 0 aliphatic carbocycles. The molecule has 1 aliphatic rings. The zero-order valence-electron chi connectivity index (χ0n) is 13.3. The van der Waals surface area contributed by atoms with Crippen molar-refractivity contribution in [3.05, 3.63) is 35.9 Å². The van der Waals surface area contributed by atoms with E-state index in [9.17, 15) is 4.79 Å². The van der Waals surface area contributed by atoms with Gasteiger partial charge in [-0.2, -0.15) is 0 Å². The van der Waals surface area contributed by atoms with Crippen molar-refractivity contribution in [2.24, 2.45) is 0 Å². The molecule has 0 saturated carbocycles. The molecule has 0 N–H and O–H groups in total. The molecule has 1 aromatic rings. The Labute approximate surface area is 132 Å². The van der Waals surface area contributed by atoms with E-state index in [-0.39, 0.29) is 5.97 Å². The summed E-state index contributed by atoms with van der Waals surface area (Å²) in [6.45, 7) is 6.53. The first kappa shape index (κ1) is 16.6. The highest BCUT2D eigenvalue weighted by molar-refractivity contribution is 5.87. The number of esters is 1. The lowest BCUT2D eigenvalue weighted by molar-refractivity contribution is -0.137. The summed E-state index contributed by atoms with van der Waals surface area (Å²) in [7, 11) is 0. The third-order valence-electron chi connectivity index (χ3n) is 3.66. The van der Waals surface area contributed by atoms with Gasteiger partial charge in [-0.3, -0.25) is 0 Å². The second-order valence-electron chi connectivity index (χ2n) is 5.41. The van der Waals surface area contributed by atoms with Gasteiger partial charge in [0.15, 0.2) is 0 Å². The van der Waals surface area contributed by atoms with Crippen LogP contribution in [0.2, 0.25) is 0 Å². The molecule has 0 unspecified atom stereocenters. The molecule has 1 aromatic carbocycles. The third-order valence-corrected chi connectivity index (χ3v) is 3.66. The third kappa shape index (κ3) is 5.90. The van der Waals surface area contributed by atoms with Crippen molar-refractivity contribution in [3.8, 4) is 5.75 Å². The minimum Gasteiger partial charge on any atom is -0.494 e. The smallest absolute Gasteiger partial charge is 0.330 e. The molecule has 0 spiro atoms. The van der Waals surface area contributed by atoms with Crippen LogP contribution in [0.5, 0.6) is 5.75 Å². The van der Waals surface area contributed by atoms with Crippen molar-refractivity contribution in [1.82, 2.24) is 4.90 Å². The first-order chi connectivity index (χ1) is 10.8. The van der Waals surface area contributed by atoms with Crippen LogP contribution >= 0.6 is 0 Å². The van der Waals surface area contributed by atoms with E-state index in [1.807, 2.05) is 24.3 Å². The lowest BCUT2D eigenvalue weighted by Crippen LogP contribution is -2.21. The first-order valence-electron chi connectivity index (χ1n) is 8.08. The van der Waals surface area contributed by atoms with Gasteiger partial charge < -0.3 is 14.4 Å². The Morgan fingerprint density at radius 3 is 2.64 bits per heavy atom. The average molecular weight is 303 g/mol. The van der Waals surface area contributed by atoms with Gasteiger partial charge in [0.1, 0.15) is 5.75 Å². The molecule has 0 bridgehead atoms. The SMILES string of the molecule is CCOC(=O)/C=C/c1ccc(OCCCN2CCCC2)cc1. The standard InChI is InChI=1S/C18H25NO3/c1-2-21-18(20)11-8-16-6-9-17(10-7-16)22-15-5-14-19-12-3-4-13-19/h6-11H,2-5,12-15H2,1H3/b11-8+. The fraction of sp³-hybridized carbons (Fsp3) is 0.500. The number of rotatable bonds is 8. The van der Waals surface area contributed by atoms with Crippen molar-refractivity contribution >= 4 is 12.0 Å². The fourth-order valence-electron chi connectivity index (χ4n) is 2.51. The zero-order valence-corrected chi connectivity index (χ0v) is 13.3. The number of hydrogen-bond donors (Lipinski definition) is 0. The number of likely N-dealkylation sites (tertiary alicyclic amines) is 1. The van der Waals surface area contributed by atoms with E-state index in [1.165, 1.54) is 32.0 Å². The minimum atomic E-state index is -0.315. The number of carbonyl (C=O) groups is 1. The minimum absolute atomic E-state index is 0.315. The Morgan fingerprint density at radius 2 is 1.95 bits per heavy atom. The second-order valence-corrected chi connectivity index (χ2v) is 5.41. The quantitative estimate of drug-likeness (QED) is 0.420. The van der Waals surface area contributed by atoms with Crippen LogP contribution in [-0.2, 0) is 9.53 Å². The topological polar surface area (TPSA) is 38.8 Å². The van der Waals surface area contributed by atoms with Crippen LogP contribution in [0, 0.1) is 0 Å². The number of ether oxygens (including phenoxy) is 2. The summed E-state index contributed by atoms with van der Waals surface area (Å²) in [5.74, 6) is 0.555. The van der Waals surface area contributed by atoms with Gasteiger partial charge in [-0.1, -0.05) is 12.1 Å². The van der Waals surface area contributed by atoms with E-state index in [0.29, 0.717) is 6.61 Å². The number of benzene rings is 1. The normalized spacial score (nSPS) is 15.3. The Balaban J connectivity index is 1.68. The number of hydrogen-bond acceptors (Lipinski definition) is 4. The molecular formula is C18H25NO3. The predicted octanol–water partition coefficient (Wildman–Crippen LogP) is 3.13. The monoisotopic (exact) mass is 303 g/mol. The van der Waals surface area contributed by atoms with E-state index in [4.69, 9.17) is 9.47 Å². The van der Waals surface area contributed by atoms with Gasteiger partial charge in [0.25, 0.3) is 0 Å². The molecule has 4 nitrogen and oxygen atoms in total. The maximum Gasteiger partial charge on any atom is 0.330 e. The van der Waals surface area contributed by atoms with Crippen molar-refractivity contribution in [1.29, 1.82) is 0 Å². The highest BCUT2D eigenvalue weighted by Crippen LogP contribution is 2.14. The van der Waals surface area contributed by atoms with Gasteiger partial charge in [0, 0.05) is 12.6 Å². The molecule has 120 valence electrons. The fourth-order valence-corrected chi connectivity index (χ4v) is 2.51. The van der Waals surface area contributed by atoms with Gasteiger partial charge in [-0.05, 0) is 63.0 Å². The summed E-state index contributed by atoms with van der Waals surface area (Å²) in [6.07, 6.45) is 6.92. The Kier molecular flexibility index (Phi) is 6.97. The maximum atomic E-state index is 11.2. The second kappa shape index (κ2) is 9.26. The highest BCUT2D eigenvalue weighted by Gasteiger charge is 2.10. The summed E-state index contributed by atoms with van der Waals surface area (Å²) in [4.78, 5) is 13.7. The van der Waals surface area contributed by atoms with Crippen molar-refractivity contribution in [2.75, 3.05) is 32.8 Å². The van der Waals surface area contributed by atoms with Crippen LogP contribution in [-0.4, -0.2) is 43.7 Å². The molecule has 1 aliphatic heterocycles. The summed E-state index contributed by atoms with van der Waals surface area (Å²) >= 11 is 0. The van der Waals surface area contributed by atoms with Crippen molar-refractivity contribution < 1.29 is 14.3 Å². The Morgan fingerprint density at radius 1 is 1.23 bits per heavy atom. The molecule has 2 rings (SSSR count). The zero-order chi connectivity index (χ0) is 15.6. The highest BCUT2D eigenvalue weighted by atomic mass is 16.5. The molecule has 1 fully saturated rings. The van der Waals surface area contributed by atoms with Gasteiger partial charge in [0.2, 0.25) is 0 Å². The maximum absolute atomic E-state index is 11.2. The molecule has 22 heavy (non-hydrogen) atoms. The average Bonchev–Trinajstić information content (AvgIpc) is 3.04. The first-order valence-corrected chi connectivity index (χ1v) is 8.08. The van der Waals surface area contributed by atoms with Crippen molar-refractivity contribution in [3.63, 3.8) is 0 Å². The van der Waals surface area contributed by atoms with Crippen molar-refractivity contribution in [2.45, 2.75) is 26.2 Å². The lowest BCUT2D eigenvalue weighted by atomic mass is 10.2. The van der Waals surface area contributed by atoms with Gasteiger partial charge in [-0.25, -0.2) is 4.79 Å². The van der Waals surface area contributed by atoms with Crippen LogP contribution in [0.4, 0.5) is 0 Å². The number of nitrogens with zero attached hydrogens (tertiary/aromatic N) is 1. The van der Waals surface area contributed by atoms with Crippen LogP contribution in [0.25, 0.3) is 6.08 Å². The van der Waals surface area contributed by atoms with E-state index in [2.05, 4.69) is 4.90 Å². The lowest BCUT2D eigenvalue weighted by Gasteiger charge is -2.14. The van der Waals surface area contributed by atoms with Gasteiger partial charge in [0.05, 0.1) is 13.2 Å². The molecule has 0 atom stereocenters. The van der Waals surface area contributed by atoms with E-state index >= 15 is 0 Å². The molecule has 0 amide bonds. The van der Waals surface area contributed by atoms with Crippen LogP contribution in [0.15, 0.2) is 30.3 Å². The number of carbonyl (C=O) groups excluding carboxylic acids is 1. The van der Waals surface area contributed by atoms with E-state index in [1.54, 1.807) is 13.0 Å². The van der Waals surface area contributed by atoms with Crippen LogP contribution < -0.4 is 4.74 Å². The summed E-state index contributed by atoms with van der Waals surface area (Å²) in [6, 6.07) is 7.73. The Hall–Kier alpha value is -1.81. The summed E-state index contributed by atoms with van der Waals surface area (Å²) in [5.41, 5.74) is 0.956.